The predicted molar refractivity (Wildman–Crippen MR) is 335 cm³/mol. The first kappa shape index (κ1) is 82.1. The number of hydrogen-bond donors (Lipinski definition) is 3. The SMILES string of the molecule is CCCCCCCCCCCCCCCCCCCCCC(=O)O[C@H](COC(=O)CCCCCCCCCCCC(C)C)COP(=O)(O)OC[C@@H](O)COP(=O)(O)OC[C@@H](COC(=O)CCCCCCC)OC(=O)CCCCCCCCCC. The van der Waals surface area contributed by atoms with E-state index in [1.807, 2.05) is 0 Å². The number of unbranched alkanes of at least 4 members (excludes halogenated alkanes) is 37. The molecule has 0 bridgehead atoms. The van der Waals surface area contributed by atoms with Gasteiger partial charge in [-0.25, -0.2) is 9.13 Å². The van der Waals surface area contributed by atoms with E-state index in [2.05, 4.69) is 34.6 Å². The Morgan fingerprint density at radius 1 is 0.321 bits per heavy atom. The fourth-order valence-electron chi connectivity index (χ4n) is 9.76. The second-order valence-corrected chi connectivity index (χ2v) is 26.9. The summed E-state index contributed by atoms with van der Waals surface area (Å²) in [5.41, 5.74) is 0. The second-order valence-electron chi connectivity index (χ2n) is 24.0. The molecule has 0 heterocycles. The third kappa shape index (κ3) is 59.0. The molecule has 0 aromatic heterocycles. The number of aliphatic hydroxyl groups excluding tert-OH is 1. The maximum atomic E-state index is 13.0. The summed E-state index contributed by atoms with van der Waals surface area (Å²) in [5.74, 6) is -1.40. The van der Waals surface area contributed by atoms with Crippen LogP contribution in [0.3, 0.4) is 0 Å². The van der Waals surface area contributed by atoms with Crippen molar-refractivity contribution in [1.82, 2.24) is 0 Å². The molecular formula is C65H126O17P2. The number of phosphoric acid groups is 2. The van der Waals surface area contributed by atoms with Gasteiger partial charge in [-0.05, 0) is 31.6 Å². The van der Waals surface area contributed by atoms with Gasteiger partial charge in [0, 0.05) is 25.7 Å². The highest BCUT2D eigenvalue weighted by Gasteiger charge is 2.30. The summed E-state index contributed by atoms with van der Waals surface area (Å²) in [6.07, 6.45) is 43.6. The molecule has 17 nitrogen and oxygen atoms in total. The van der Waals surface area contributed by atoms with Crippen LogP contribution < -0.4 is 0 Å². The molecule has 5 atom stereocenters. The van der Waals surface area contributed by atoms with E-state index in [1.165, 1.54) is 141 Å². The Balaban J connectivity index is 5.11. The van der Waals surface area contributed by atoms with Crippen molar-refractivity contribution in [3.8, 4) is 0 Å². The minimum absolute atomic E-state index is 0.104. The van der Waals surface area contributed by atoms with Gasteiger partial charge in [0.25, 0.3) is 0 Å². The number of hydrogen-bond acceptors (Lipinski definition) is 15. The maximum absolute atomic E-state index is 13.0. The molecule has 0 amide bonds. The second kappa shape index (κ2) is 58.7. The van der Waals surface area contributed by atoms with Crippen LogP contribution in [0.2, 0.25) is 0 Å². The molecule has 0 spiro atoms. The number of carbonyl (C=O) groups excluding carboxylic acids is 4. The van der Waals surface area contributed by atoms with Gasteiger partial charge in [0.05, 0.1) is 26.4 Å². The van der Waals surface area contributed by atoms with Gasteiger partial charge in [-0.3, -0.25) is 37.3 Å². The highest BCUT2D eigenvalue weighted by Crippen LogP contribution is 2.45. The van der Waals surface area contributed by atoms with Crippen molar-refractivity contribution in [1.29, 1.82) is 0 Å². The largest absolute Gasteiger partial charge is 0.472 e. The minimum atomic E-state index is -4.94. The summed E-state index contributed by atoms with van der Waals surface area (Å²) in [4.78, 5) is 71.9. The molecule has 0 radical (unpaired) electrons. The van der Waals surface area contributed by atoms with E-state index in [0.717, 1.165) is 109 Å². The Kier molecular flexibility index (Phi) is 57.4. The van der Waals surface area contributed by atoms with Crippen LogP contribution in [0.5, 0.6) is 0 Å². The zero-order valence-electron chi connectivity index (χ0n) is 54.0. The summed E-state index contributed by atoms with van der Waals surface area (Å²) in [6, 6.07) is 0. The summed E-state index contributed by atoms with van der Waals surface area (Å²) in [7, 11) is -9.87. The molecule has 2 unspecified atom stereocenters. The van der Waals surface area contributed by atoms with E-state index in [4.69, 9.17) is 37.0 Å². The Morgan fingerprint density at radius 2 is 0.548 bits per heavy atom. The summed E-state index contributed by atoms with van der Waals surface area (Å²) < 4.78 is 67.8. The first-order valence-corrected chi connectivity index (χ1v) is 37.1. The average Bonchev–Trinajstić information content (AvgIpc) is 3.46. The van der Waals surface area contributed by atoms with E-state index in [-0.39, 0.29) is 25.7 Å². The van der Waals surface area contributed by atoms with Crippen molar-refractivity contribution >= 4 is 39.5 Å². The average molecular weight is 1240 g/mol. The van der Waals surface area contributed by atoms with Gasteiger partial charge >= 0.3 is 39.5 Å². The molecule has 19 heteroatoms. The quantitative estimate of drug-likeness (QED) is 0.0222. The van der Waals surface area contributed by atoms with Crippen LogP contribution in [-0.2, 0) is 65.4 Å². The lowest BCUT2D eigenvalue weighted by molar-refractivity contribution is -0.161. The minimum Gasteiger partial charge on any atom is -0.462 e. The molecule has 0 aliphatic rings. The van der Waals surface area contributed by atoms with Crippen LogP contribution >= 0.6 is 15.6 Å². The number of rotatable bonds is 65. The van der Waals surface area contributed by atoms with Gasteiger partial charge in [0.2, 0.25) is 0 Å². The van der Waals surface area contributed by atoms with Gasteiger partial charge < -0.3 is 33.8 Å². The van der Waals surface area contributed by atoms with Crippen LogP contribution in [0.1, 0.15) is 330 Å². The van der Waals surface area contributed by atoms with Gasteiger partial charge in [-0.2, -0.15) is 0 Å². The summed E-state index contributed by atoms with van der Waals surface area (Å²) >= 11 is 0. The van der Waals surface area contributed by atoms with Crippen LogP contribution in [0, 0.1) is 5.92 Å². The smallest absolute Gasteiger partial charge is 0.462 e. The van der Waals surface area contributed by atoms with Crippen molar-refractivity contribution in [3.05, 3.63) is 0 Å². The Morgan fingerprint density at radius 3 is 0.810 bits per heavy atom. The number of phosphoric ester groups is 2. The lowest BCUT2D eigenvalue weighted by atomic mass is 10.0. The number of ether oxygens (including phenoxy) is 4. The zero-order valence-corrected chi connectivity index (χ0v) is 55.8. The van der Waals surface area contributed by atoms with E-state index < -0.39 is 97.5 Å². The van der Waals surface area contributed by atoms with Gasteiger partial charge in [-0.1, -0.05) is 279 Å². The normalized spacial score (nSPS) is 14.2. The van der Waals surface area contributed by atoms with E-state index in [1.54, 1.807) is 0 Å². The van der Waals surface area contributed by atoms with Crippen LogP contribution in [0.4, 0.5) is 0 Å². The Labute approximate surface area is 511 Å². The first-order valence-electron chi connectivity index (χ1n) is 34.1. The lowest BCUT2D eigenvalue weighted by Gasteiger charge is -2.21. The van der Waals surface area contributed by atoms with Gasteiger partial charge in [0.15, 0.2) is 12.2 Å². The van der Waals surface area contributed by atoms with E-state index >= 15 is 0 Å². The van der Waals surface area contributed by atoms with Crippen molar-refractivity contribution in [2.45, 2.75) is 348 Å². The molecule has 0 aliphatic heterocycles. The van der Waals surface area contributed by atoms with E-state index in [9.17, 15) is 43.2 Å². The fraction of sp³-hybridized carbons (Fsp3) is 0.938. The molecule has 0 aromatic rings. The summed E-state index contributed by atoms with van der Waals surface area (Å²) in [6.45, 7) is 7.07. The van der Waals surface area contributed by atoms with Gasteiger partial charge in [-0.15, -0.1) is 0 Å². The predicted octanol–water partition coefficient (Wildman–Crippen LogP) is 18.2. The number of esters is 4. The molecule has 0 saturated carbocycles. The Hall–Kier alpha value is -1.94. The maximum Gasteiger partial charge on any atom is 0.472 e. The van der Waals surface area contributed by atoms with Crippen molar-refractivity contribution < 1.29 is 80.2 Å². The van der Waals surface area contributed by atoms with E-state index in [0.29, 0.717) is 25.7 Å². The van der Waals surface area contributed by atoms with Crippen molar-refractivity contribution in [2.24, 2.45) is 5.92 Å². The highest BCUT2D eigenvalue weighted by atomic mass is 31.2. The van der Waals surface area contributed by atoms with Gasteiger partial charge in [0.1, 0.15) is 19.3 Å². The molecule has 0 saturated heterocycles. The standard InChI is InChI=1S/C65H126O17P2/c1-6-9-12-15-17-19-20-21-22-23-24-25-26-27-28-31-36-41-46-51-65(70)82-61(55-76-63(68)49-44-39-35-32-29-30-33-38-42-47-58(4)5)57-80-84(73,74)78-53-59(66)52-77-83(71,72)79-56-60(54-75-62(67)48-43-37-14-11-8-3)81-64(69)50-45-40-34-18-16-13-10-7-2/h58-61,66H,6-57H2,1-5H3,(H,71,72)(H,73,74)/t59-,60+,61+/m0/s1. The summed E-state index contributed by atoms with van der Waals surface area (Å²) in [5, 5.41) is 10.5. The van der Waals surface area contributed by atoms with Crippen molar-refractivity contribution in [2.75, 3.05) is 39.6 Å². The monoisotopic (exact) mass is 1240 g/mol. The zero-order chi connectivity index (χ0) is 62.0. The third-order valence-electron chi connectivity index (χ3n) is 15.0. The van der Waals surface area contributed by atoms with Crippen molar-refractivity contribution in [3.63, 3.8) is 0 Å². The Bertz CT molecular complexity index is 1640. The lowest BCUT2D eigenvalue weighted by Crippen LogP contribution is -2.30. The highest BCUT2D eigenvalue weighted by molar-refractivity contribution is 7.47. The molecule has 0 aliphatic carbocycles. The van der Waals surface area contributed by atoms with Crippen LogP contribution in [-0.4, -0.2) is 96.7 Å². The molecule has 0 aromatic carbocycles. The number of carbonyl (C=O) groups is 4. The molecule has 498 valence electrons. The van der Waals surface area contributed by atoms with Crippen LogP contribution in [0.25, 0.3) is 0 Å². The molecule has 3 N–H and O–H groups in total. The topological polar surface area (TPSA) is 237 Å². The third-order valence-corrected chi connectivity index (χ3v) is 16.9. The van der Waals surface area contributed by atoms with Crippen LogP contribution in [0.15, 0.2) is 0 Å². The first-order chi connectivity index (χ1) is 40.5. The molecular weight excluding hydrogens is 1110 g/mol. The molecule has 0 fully saturated rings. The fourth-order valence-corrected chi connectivity index (χ4v) is 11.3. The molecule has 0 rings (SSSR count). The molecule has 84 heavy (non-hydrogen) atoms. The number of aliphatic hydroxyl groups is 1.